The number of hydrogen-bond donors (Lipinski definition) is 0. The lowest BCUT2D eigenvalue weighted by atomic mass is 10.3. The van der Waals surface area contributed by atoms with Crippen LogP contribution in [0.4, 0.5) is 0 Å². The fraction of sp³-hybridized carbons (Fsp3) is 0.333. The van der Waals surface area contributed by atoms with Crippen LogP contribution in [-0.2, 0) is 13.6 Å². The molecule has 1 amide bonds. The maximum absolute atomic E-state index is 13.1. The Morgan fingerprint density at radius 1 is 1.35 bits per heavy atom. The van der Waals surface area contributed by atoms with Crippen molar-refractivity contribution in [3.63, 3.8) is 0 Å². The van der Waals surface area contributed by atoms with Gasteiger partial charge in [-0.15, -0.1) is 5.10 Å². The summed E-state index contributed by atoms with van der Waals surface area (Å²) in [5, 5.41) is 4.99. The zero-order valence-electron chi connectivity index (χ0n) is 14.6. The van der Waals surface area contributed by atoms with Gasteiger partial charge in [-0.25, -0.2) is 14.6 Å². The smallest absolute Gasteiger partial charge is 0.294 e. The third-order valence-corrected chi connectivity index (χ3v) is 4.84. The zero-order chi connectivity index (χ0) is 18.3. The molecule has 7 nitrogen and oxygen atoms in total. The van der Waals surface area contributed by atoms with Crippen LogP contribution in [-0.4, -0.2) is 41.2 Å². The van der Waals surface area contributed by atoms with Crippen LogP contribution in [0.3, 0.4) is 0 Å². The molecule has 0 saturated heterocycles. The number of carbonyl (C=O) groups excluding carboxylic acids is 1. The van der Waals surface area contributed by atoms with Crippen molar-refractivity contribution < 1.29 is 4.79 Å². The van der Waals surface area contributed by atoms with E-state index >= 15 is 0 Å². The summed E-state index contributed by atoms with van der Waals surface area (Å²) in [7, 11) is 1.92. The monoisotopic (exact) mass is 370 g/mol. The molecule has 3 aromatic rings. The van der Waals surface area contributed by atoms with Gasteiger partial charge in [-0.2, -0.15) is 0 Å². The zero-order valence-corrected chi connectivity index (χ0v) is 15.4. The molecule has 26 heavy (non-hydrogen) atoms. The summed E-state index contributed by atoms with van der Waals surface area (Å²) in [6.45, 7) is 2.26. The number of imidazole rings is 1. The normalized spacial score (nSPS) is 13.8. The van der Waals surface area contributed by atoms with Gasteiger partial charge in [0, 0.05) is 25.5 Å². The van der Waals surface area contributed by atoms with Crippen molar-refractivity contribution in [2.24, 2.45) is 7.05 Å². The largest absolute Gasteiger partial charge is 0.337 e. The van der Waals surface area contributed by atoms with Crippen LogP contribution in [0, 0.1) is 6.92 Å². The van der Waals surface area contributed by atoms with Gasteiger partial charge in [0.1, 0.15) is 11.6 Å². The Hall–Kier alpha value is -2.67. The van der Waals surface area contributed by atoms with Crippen LogP contribution in [0.5, 0.6) is 0 Å². The van der Waals surface area contributed by atoms with Gasteiger partial charge in [-0.3, -0.25) is 4.79 Å². The fourth-order valence-electron chi connectivity index (χ4n) is 2.91. The summed E-state index contributed by atoms with van der Waals surface area (Å²) >= 11 is 6.26. The first-order valence-corrected chi connectivity index (χ1v) is 8.88. The molecular weight excluding hydrogens is 352 g/mol. The first-order valence-electron chi connectivity index (χ1n) is 8.50. The molecule has 8 heteroatoms. The number of halogens is 1. The maximum atomic E-state index is 13.1. The summed E-state index contributed by atoms with van der Waals surface area (Å²) < 4.78 is 3.53. The van der Waals surface area contributed by atoms with E-state index in [2.05, 4.69) is 15.1 Å². The summed E-state index contributed by atoms with van der Waals surface area (Å²) in [5.41, 5.74) is 0.709. The van der Waals surface area contributed by atoms with Gasteiger partial charge in [-0.05, 0) is 31.9 Å². The third-order valence-electron chi connectivity index (χ3n) is 4.52. The molecule has 4 rings (SSSR count). The number of carbonyl (C=O) groups is 1. The predicted molar refractivity (Wildman–Crippen MR) is 97.2 cm³/mol. The number of para-hydroxylation sites is 1. The second-order valence-electron chi connectivity index (χ2n) is 6.46. The highest BCUT2D eigenvalue weighted by Crippen LogP contribution is 2.29. The summed E-state index contributed by atoms with van der Waals surface area (Å²) in [5.74, 6) is 1.47. The number of nitrogens with zero attached hydrogens (tertiary/aromatic N) is 6. The molecule has 2 heterocycles. The first kappa shape index (κ1) is 16.8. The van der Waals surface area contributed by atoms with Crippen molar-refractivity contribution in [1.82, 2.24) is 29.2 Å². The number of amides is 1. The molecule has 0 N–H and O–H groups in total. The van der Waals surface area contributed by atoms with Gasteiger partial charge in [-0.1, -0.05) is 23.7 Å². The number of aromatic nitrogens is 5. The van der Waals surface area contributed by atoms with Crippen LogP contribution in [0.25, 0.3) is 5.69 Å². The topological polar surface area (TPSA) is 68.8 Å². The average molecular weight is 371 g/mol. The van der Waals surface area contributed by atoms with Gasteiger partial charge in [0.05, 0.1) is 17.3 Å². The molecule has 0 atom stereocenters. The summed E-state index contributed by atoms with van der Waals surface area (Å²) in [4.78, 5) is 23.6. The van der Waals surface area contributed by atoms with E-state index in [0.717, 1.165) is 18.7 Å². The minimum Gasteiger partial charge on any atom is -0.337 e. The quantitative estimate of drug-likeness (QED) is 0.692. The Morgan fingerprint density at radius 2 is 2.12 bits per heavy atom. The minimum absolute atomic E-state index is 0.176. The highest BCUT2D eigenvalue weighted by molar-refractivity contribution is 6.32. The molecule has 0 unspecified atom stereocenters. The third kappa shape index (κ3) is 3.10. The number of aryl methyl sites for hydroxylation is 2. The van der Waals surface area contributed by atoms with Crippen LogP contribution >= 0.6 is 11.6 Å². The average Bonchev–Trinajstić information content (AvgIpc) is 3.28. The highest BCUT2D eigenvalue weighted by Gasteiger charge is 2.35. The van der Waals surface area contributed by atoms with Gasteiger partial charge < -0.3 is 9.47 Å². The number of benzene rings is 1. The molecule has 1 aliphatic carbocycles. The van der Waals surface area contributed by atoms with Crippen molar-refractivity contribution in [1.29, 1.82) is 0 Å². The van der Waals surface area contributed by atoms with E-state index in [-0.39, 0.29) is 17.8 Å². The van der Waals surface area contributed by atoms with Gasteiger partial charge in [0.2, 0.25) is 5.82 Å². The van der Waals surface area contributed by atoms with Crippen LogP contribution in [0.1, 0.15) is 35.1 Å². The van der Waals surface area contributed by atoms with E-state index in [9.17, 15) is 4.79 Å². The molecule has 2 aromatic heterocycles. The first-order chi connectivity index (χ1) is 12.5. The van der Waals surface area contributed by atoms with Gasteiger partial charge in [0.25, 0.3) is 5.91 Å². The Kier molecular flexibility index (Phi) is 4.24. The number of rotatable bonds is 5. The van der Waals surface area contributed by atoms with Crippen molar-refractivity contribution in [2.45, 2.75) is 32.4 Å². The second kappa shape index (κ2) is 6.57. The SMILES string of the molecule is Cc1nc(C(=O)N(Cc2nccn2C)C2CC2)nn1-c1ccccc1Cl. The van der Waals surface area contributed by atoms with E-state index in [1.54, 1.807) is 16.9 Å². The molecule has 134 valence electrons. The highest BCUT2D eigenvalue weighted by atomic mass is 35.5. The Balaban J connectivity index is 1.64. The summed E-state index contributed by atoms with van der Waals surface area (Å²) in [6, 6.07) is 7.60. The van der Waals surface area contributed by atoms with E-state index < -0.39 is 0 Å². The van der Waals surface area contributed by atoms with E-state index in [1.165, 1.54) is 0 Å². The van der Waals surface area contributed by atoms with Crippen molar-refractivity contribution in [3.8, 4) is 5.69 Å². The Morgan fingerprint density at radius 3 is 2.77 bits per heavy atom. The van der Waals surface area contributed by atoms with Crippen LogP contribution in [0.15, 0.2) is 36.7 Å². The Labute approximate surface area is 156 Å². The standard InChI is InChI=1S/C18H19ClN6O/c1-12-21-17(22-25(12)15-6-4-3-5-14(15)19)18(26)24(13-7-8-13)11-16-20-9-10-23(16)2/h3-6,9-10,13H,7-8,11H2,1-2H3. The lowest BCUT2D eigenvalue weighted by Gasteiger charge is -2.20. The molecule has 0 spiro atoms. The van der Waals surface area contributed by atoms with Crippen molar-refractivity contribution in [2.75, 3.05) is 0 Å². The lowest BCUT2D eigenvalue weighted by molar-refractivity contribution is 0.0711. The minimum atomic E-state index is -0.176. The van der Waals surface area contributed by atoms with Gasteiger partial charge in [0.15, 0.2) is 0 Å². The molecule has 0 aliphatic heterocycles. The van der Waals surface area contributed by atoms with Crippen molar-refractivity contribution in [3.05, 3.63) is 59.2 Å². The molecule has 1 saturated carbocycles. The van der Waals surface area contributed by atoms with Gasteiger partial charge >= 0.3 is 0 Å². The van der Waals surface area contributed by atoms with E-state index in [0.29, 0.717) is 23.1 Å². The van der Waals surface area contributed by atoms with Crippen LogP contribution < -0.4 is 0 Å². The lowest BCUT2D eigenvalue weighted by Crippen LogP contribution is -2.34. The summed E-state index contributed by atoms with van der Waals surface area (Å²) in [6.07, 6.45) is 5.61. The molecule has 0 bridgehead atoms. The maximum Gasteiger partial charge on any atom is 0.294 e. The van der Waals surface area contributed by atoms with E-state index in [4.69, 9.17) is 11.6 Å². The Bertz CT molecular complexity index is 958. The fourth-order valence-corrected chi connectivity index (χ4v) is 3.13. The molecule has 1 aliphatic rings. The molecule has 0 radical (unpaired) electrons. The molecule has 1 fully saturated rings. The second-order valence-corrected chi connectivity index (χ2v) is 6.87. The predicted octanol–water partition coefficient (Wildman–Crippen LogP) is 2.77. The van der Waals surface area contributed by atoms with E-state index in [1.807, 2.05) is 47.8 Å². The molecular formula is C18H19ClN6O. The van der Waals surface area contributed by atoms with Crippen LogP contribution in [0.2, 0.25) is 5.02 Å². The van der Waals surface area contributed by atoms with Crippen molar-refractivity contribution >= 4 is 17.5 Å². The number of hydrogen-bond acceptors (Lipinski definition) is 4. The molecule has 1 aromatic carbocycles.